The third kappa shape index (κ3) is 4.40. The van der Waals surface area contributed by atoms with Crippen LogP contribution in [0, 0.1) is 11.6 Å². The highest BCUT2D eigenvalue weighted by Crippen LogP contribution is 2.36. The molecule has 0 radical (unpaired) electrons. The topological polar surface area (TPSA) is 35.4 Å². The zero-order valence-electron chi connectivity index (χ0n) is 11.2. The largest absolute Gasteiger partial charge is 0.591 e. The predicted molar refractivity (Wildman–Crippen MR) is 74.5 cm³/mol. The fourth-order valence-corrected chi connectivity index (χ4v) is 2.16. The Kier molecular flexibility index (Phi) is 5.44. The maximum absolute atomic E-state index is 13.8. The van der Waals surface area contributed by atoms with Gasteiger partial charge in [0.05, 0.1) is 21.8 Å². The number of halogens is 6. The van der Waals surface area contributed by atoms with E-state index >= 15 is 0 Å². The summed E-state index contributed by atoms with van der Waals surface area (Å²) in [7, 11) is 0. The highest BCUT2D eigenvalue weighted by Gasteiger charge is 2.37. The van der Waals surface area contributed by atoms with Gasteiger partial charge >= 0.3 is 6.18 Å². The number of nitrogens with zero attached hydrogens (tertiary/aromatic N) is 1. The van der Waals surface area contributed by atoms with Gasteiger partial charge in [-0.3, -0.25) is 0 Å². The molecule has 0 saturated heterocycles. The van der Waals surface area contributed by atoms with Crippen molar-refractivity contribution in [2.45, 2.75) is 31.7 Å². The average molecular weight is 392 g/mol. The highest BCUT2D eigenvalue weighted by molar-refractivity contribution is 9.10. The summed E-state index contributed by atoms with van der Waals surface area (Å²) in [6, 6.07) is 0.308. The Morgan fingerprint density at radius 1 is 1.19 bits per heavy atom. The van der Waals surface area contributed by atoms with Crippen LogP contribution in [0.25, 0.3) is 0 Å². The van der Waals surface area contributed by atoms with Gasteiger partial charge in [-0.1, -0.05) is 4.40 Å². The van der Waals surface area contributed by atoms with E-state index in [1.54, 1.807) is 20.8 Å². The highest BCUT2D eigenvalue weighted by atomic mass is 79.9. The molecule has 0 spiro atoms. The van der Waals surface area contributed by atoms with E-state index in [9.17, 15) is 26.5 Å². The van der Waals surface area contributed by atoms with Crippen molar-refractivity contribution >= 4 is 33.5 Å². The second-order valence-corrected chi connectivity index (χ2v) is 7.83. The molecule has 0 aliphatic carbocycles. The molecule has 0 bridgehead atoms. The number of alkyl halides is 3. The molecule has 0 saturated carbocycles. The molecule has 2 nitrogen and oxygen atoms in total. The van der Waals surface area contributed by atoms with Crippen LogP contribution in [0.1, 0.15) is 31.9 Å². The van der Waals surface area contributed by atoms with Crippen LogP contribution in [0.15, 0.2) is 14.9 Å². The second kappa shape index (κ2) is 6.21. The lowest BCUT2D eigenvalue weighted by atomic mass is 10.1. The number of hydrogen-bond donors (Lipinski definition) is 0. The van der Waals surface area contributed by atoms with Crippen LogP contribution in [0.4, 0.5) is 22.0 Å². The molecule has 0 N–H and O–H groups in total. The van der Waals surface area contributed by atoms with Gasteiger partial charge in [0.2, 0.25) is 0 Å². The molecule has 1 aromatic carbocycles. The van der Waals surface area contributed by atoms with Crippen LogP contribution < -0.4 is 0 Å². The van der Waals surface area contributed by atoms with Gasteiger partial charge in [-0.25, -0.2) is 8.78 Å². The molecule has 118 valence electrons. The molecule has 0 heterocycles. The van der Waals surface area contributed by atoms with Crippen LogP contribution in [-0.2, 0) is 17.5 Å². The zero-order valence-corrected chi connectivity index (χ0v) is 13.6. The zero-order chi connectivity index (χ0) is 16.6. The molecule has 1 unspecified atom stereocenters. The normalized spacial score (nSPS) is 14.8. The first-order chi connectivity index (χ1) is 9.35. The van der Waals surface area contributed by atoms with Gasteiger partial charge in [0.15, 0.2) is 0 Å². The number of benzene rings is 1. The Labute approximate surface area is 129 Å². The summed E-state index contributed by atoms with van der Waals surface area (Å²) >= 11 is 0.742. The second-order valence-electron chi connectivity index (χ2n) is 5.04. The van der Waals surface area contributed by atoms with Gasteiger partial charge in [0.25, 0.3) is 0 Å². The van der Waals surface area contributed by atoms with Gasteiger partial charge in [-0.15, -0.1) is 0 Å². The minimum atomic E-state index is -4.98. The smallest absolute Gasteiger partial charge is 0.419 e. The van der Waals surface area contributed by atoms with E-state index in [1.807, 2.05) is 0 Å². The lowest BCUT2D eigenvalue weighted by molar-refractivity contribution is -0.140. The van der Waals surface area contributed by atoms with E-state index in [1.165, 1.54) is 0 Å². The van der Waals surface area contributed by atoms with Crippen molar-refractivity contribution in [1.29, 1.82) is 0 Å². The molecular weight excluding hydrogens is 381 g/mol. The summed E-state index contributed by atoms with van der Waals surface area (Å²) in [4.78, 5) is 0. The molecule has 0 aliphatic heterocycles. The van der Waals surface area contributed by atoms with Crippen molar-refractivity contribution in [1.82, 2.24) is 0 Å². The van der Waals surface area contributed by atoms with E-state index in [0.717, 1.165) is 0 Å². The lowest BCUT2D eigenvalue weighted by Gasteiger charge is -2.18. The van der Waals surface area contributed by atoms with E-state index in [4.69, 9.17) is 0 Å². The monoisotopic (exact) mass is 391 g/mol. The first-order valence-electron chi connectivity index (χ1n) is 5.56. The van der Waals surface area contributed by atoms with Crippen molar-refractivity contribution in [2.24, 2.45) is 4.40 Å². The van der Waals surface area contributed by atoms with E-state index in [0.29, 0.717) is 12.3 Å². The van der Waals surface area contributed by atoms with Crippen LogP contribution >= 0.6 is 15.9 Å². The Hall–Kier alpha value is -0.670. The molecule has 0 aliphatic rings. The Balaban J connectivity index is 3.37. The van der Waals surface area contributed by atoms with E-state index in [2.05, 4.69) is 20.3 Å². The van der Waals surface area contributed by atoms with Crippen LogP contribution in [0.2, 0.25) is 0 Å². The maximum Gasteiger partial charge on any atom is 0.419 e. The molecule has 1 aromatic rings. The van der Waals surface area contributed by atoms with Gasteiger partial charge < -0.3 is 4.55 Å². The number of rotatable bonds is 2. The summed E-state index contributed by atoms with van der Waals surface area (Å²) in [6.45, 7) is 4.69. The van der Waals surface area contributed by atoms with Crippen molar-refractivity contribution < 1.29 is 26.5 Å². The quantitative estimate of drug-likeness (QED) is 0.313. The number of hydrogen-bond acceptors (Lipinski definition) is 2. The molecule has 0 aromatic heterocycles. The molecule has 0 fully saturated rings. The van der Waals surface area contributed by atoms with Crippen molar-refractivity contribution in [3.63, 3.8) is 0 Å². The Bertz CT molecular complexity index is 568. The molecule has 9 heteroatoms. The SMILES string of the molecule is CC(C)(C)[S+]([O-])N=Cc1c(F)c(Br)cc(C(F)(F)F)c1F. The lowest BCUT2D eigenvalue weighted by Crippen LogP contribution is -2.26. The van der Waals surface area contributed by atoms with Crippen LogP contribution in [0.3, 0.4) is 0 Å². The summed E-state index contributed by atoms with van der Waals surface area (Å²) < 4.78 is 79.2. The minimum absolute atomic E-state index is 0.308. The van der Waals surface area contributed by atoms with Crippen LogP contribution in [-0.4, -0.2) is 15.5 Å². The van der Waals surface area contributed by atoms with Gasteiger partial charge in [0.1, 0.15) is 27.7 Å². The fraction of sp³-hybridized carbons (Fsp3) is 0.417. The minimum Gasteiger partial charge on any atom is -0.591 e. The van der Waals surface area contributed by atoms with Crippen molar-refractivity contribution in [2.75, 3.05) is 0 Å². The average Bonchev–Trinajstić information content (AvgIpc) is 2.30. The van der Waals surface area contributed by atoms with Gasteiger partial charge in [-0.2, -0.15) is 13.2 Å². The maximum atomic E-state index is 13.8. The molecular formula is C12H11BrF5NOS. The Morgan fingerprint density at radius 3 is 2.14 bits per heavy atom. The van der Waals surface area contributed by atoms with Crippen LogP contribution in [0.5, 0.6) is 0 Å². The van der Waals surface area contributed by atoms with Crippen molar-refractivity contribution in [3.8, 4) is 0 Å². The predicted octanol–water partition coefficient (Wildman–Crippen LogP) is 4.63. The van der Waals surface area contributed by atoms with Crippen molar-refractivity contribution in [3.05, 3.63) is 33.3 Å². The third-order valence-corrected chi connectivity index (χ3v) is 4.22. The first-order valence-corrected chi connectivity index (χ1v) is 7.46. The summed E-state index contributed by atoms with van der Waals surface area (Å²) in [5.41, 5.74) is -2.62. The molecule has 1 rings (SSSR count). The van der Waals surface area contributed by atoms with E-state index < -0.39 is 49.5 Å². The third-order valence-electron chi connectivity index (χ3n) is 2.30. The Morgan fingerprint density at radius 2 is 1.71 bits per heavy atom. The van der Waals surface area contributed by atoms with E-state index in [-0.39, 0.29) is 0 Å². The van der Waals surface area contributed by atoms with Gasteiger partial charge in [-0.05, 0) is 42.8 Å². The summed E-state index contributed by atoms with van der Waals surface area (Å²) in [5.74, 6) is -3.03. The molecule has 1 atom stereocenters. The molecule has 21 heavy (non-hydrogen) atoms. The molecule has 0 amide bonds. The first kappa shape index (κ1) is 18.4. The summed E-state index contributed by atoms with van der Waals surface area (Å²) in [6.07, 6.45) is -4.46. The standard InChI is InChI=1S/C12H11BrF5NOS/c1-11(2,3)21(20)19-5-6-9(14)7(12(16,17)18)4-8(13)10(6)15/h4-5H,1-3H3. The summed E-state index contributed by atoms with van der Waals surface area (Å²) in [5, 5.41) is 0. The van der Waals surface area contributed by atoms with Gasteiger partial charge in [0, 0.05) is 0 Å². The fourth-order valence-electron chi connectivity index (χ4n) is 1.20.